The number of aromatic hydroxyl groups is 1. The lowest BCUT2D eigenvalue weighted by Crippen LogP contribution is -1.95. The Hall–Kier alpha value is -1.36. The summed E-state index contributed by atoms with van der Waals surface area (Å²) in [5.41, 5.74) is -0.531. The van der Waals surface area contributed by atoms with Crippen LogP contribution in [0.3, 0.4) is 0 Å². The molecule has 0 fully saturated rings. The lowest BCUT2D eigenvalue weighted by molar-refractivity contribution is 0.467. The van der Waals surface area contributed by atoms with Crippen molar-refractivity contribution in [2.45, 2.75) is 0 Å². The second-order valence-corrected chi connectivity index (χ2v) is 3.57. The van der Waals surface area contributed by atoms with Crippen LogP contribution in [-0.2, 0) is 0 Å². The summed E-state index contributed by atoms with van der Waals surface area (Å²) in [6.45, 7) is 0. The molecule has 0 aliphatic heterocycles. The standard InChI is InChI=1S/C9H4BrFO3/c10-5-2-8-4(1-6(5)11)7(12)3-9(13)14-8/h1-3,12H. The number of benzene rings is 1. The summed E-state index contributed by atoms with van der Waals surface area (Å²) in [5, 5.41) is 9.50. The van der Waals surface area contributed by atoms with Crippen LogP contribution in [0.15, 0.2) is 31.9 Å². The van der Waals surface area contributed by atoms with Gasteiger partial charge < -0.3 is 9.52 Å². The van der Waals surface area contributed by atoms with Gasteiger partial charge in [-0.15, -0.1) is 0 Å². The van der Waals surface area contributed by atoms with Gasteiger partial charge in [0.2, 0.25) is 0 Å². The van der Waals surface area contributed by atoms with Crippen LogP contribution in [0.25, 0.3) is 11.0 Å². The van der Waals surface area contributed by atoms with Gasteiger partial charge in [0.05, 0.1) is 15.9 Å². The van der Waals surface area contributed by atoms with E-state index in [1.165, 1.54) is 6.07 Å². The molecule has 1 aromatic carbocycles. The molecule has 0 unspecified atom stereocenters. The average molecular weight is 259 g/mol. The molecule has 0 saturated heterocycles. The molecule has 3 nitrogen and oxygen atoms in total. The molecule has 72 valence electrons. The minimum atomic E-state index is -0.673. The Kier molecular flexibility index (Phi) is 2.03. The zero-order chi connectivity index (χ0) is 10.3. The van der Waals surface area contributed by atoms with Crippen molar-refractivity contribution in [3.63, 3.8) is 0 Å². The quantitative estimate of drug-likeness (QED) is 0.739. The first kappa shape index (κ1) is 9.21. The van der Waals surface area contributed by atoms with Crippen LogP contribution in [0.4, 0.5) is 4.39 Å². The average Bonchev–Trinajstić information content (AvgIpc) is 2.08. The van der Waals surface area contributed by atoms with Crippen molar-refractivity contribution in [3.05, 3.63) is 38.9 Å². The van der Waals surface area contributed by atoms with Gasteiger partial charge in [0.1, 0.15) is 17.1 Å². The molecule has 14 heavy (non-hydrogen) atoms. The molecule has 0 spiro atoms. The summed E-state index contributed by atoms with van der Waals surface area (Å²) in [6.07, 6.45) is 0. The second-order valence-electron chi connectivity index (χ2n) is 2.71. The van der Waals surface area contributed by atoms with Gasteiger partial charge in [0, 0.05) is 0 Å². The van der Waals surface area contributed by atoms with Gasteiger partial charge in [-0.2, -0.15) is 0 Å². The van der Waals surface area contributed by atoms with E-state index in [0.717, 1.165) is 12.1 Å². The van der Waals surface area contributed by atoms with Gasteiger partial charge in [0.25, 0.3) is 0 Å². The summed E-state index contributed by atoms with van der Waals surface area (Å²) in [5.74, 6) is -0.815. The van der Waals surface area contributed by atoms with Crippen LogP contribution >= 0.6 is 15.9 Å². The fraction of sp³-hybridized carbons (Fsp3) is 0. The number of rotatable bonds is 0. The minimum Gasteiger partial charge on any atom is -0.507 e. The third kappa shape index (κ3) is 1.39. The predicted molar refractivity (Wildman–Crippen MR) is 51.8 cm³/mol. The third-order valence-electron chi connectivity index (χ3n) is 1.76. The molecule has 2 aromatic rings. The van der Waals surface area contributed by atoms with Crippen LogP contribution in [0.5, 0.6) is 5.75 Å². The van der Waals surface area contributed by atoms with E-state index >= 15 is 0 Å². The van der Waals surface area contributed by atoms with Crippen molar-refractivity contribution < 1.29 is 13.9 Å². The Morgan fingerprint density at radius 2 is 2.07 bits per heavy atom. The van der Waals surface area contributed by atoms with E-state index in [9.17, 15) is 14.3 Å². The molecule has 0 aliphatic carbocycles. The maximum atomic E-state index is 13.1. The smallest absolute Gasteiger partial charge is 0.339 e. The molecule has 1 heterocycles. The molecule has 0 radical (unpaired) electrons. The molecule has 0 bridgehead atoms. The van der Waals surface area contributed by atoms with Crippen molar-refractivity contribution in [1.29, 1.82) is 0 Å². The summed E-state index contributed by atoms with van der Waals surface area (Å²) < 4.78 is 18.0. The molecule has 0 saturated carbocycles. The highest BCUT2D eigenvalue weighted by Crippen LogP contribution is 2.27. The van der Waals surface area contributed by atoms with E-state index in [0.29, 0.717) is 0 Å². The van der Waals surface area contributed by atoms with Gasteiger partial charge in [-0.05, 0) is 28.1 Å². The lowest BCUT2D eigenvalue weighted by Gasteiger charge is -2.00. The molecule has 0 atom stereocenters. The van der Waals surface area contributed by atoms with Crippen LogP contribution in [0.2, 0.25) is 0 Å². The first-order valence-electron chi connectivity index (χ1n) is 3.70. The summed E-state index contributed by atoms with van der Waals surface area (Å²) in [4.78, 5) is 10.9. The van der Waals surface area contributed by atoms with Crippen molar-refractivity contribution in [3.8, 4) is 5.75 Å². The van der Waals surface area contributed by atoms with Gasteiger partial charge in [0.15, 0.2) is 0 Å². The molecule has 2 rings (SSSR count). The molecule has 0 aliphatic rings. The monoisotopic (exact) mass is 258 g/mol. The second kappa shape index (κ2) is 3.09. The van der Waals surface area contributed by atoms with E-state index in [2.05, 4.69) is 15.9 Å². The normalized spacial score (nSPS) is 10.7. The Morgan fingerprint density at radius 3 is 2.79 bits per heavy atom. The highest BCUT2D eigenvalue weighted by molar-refractivity contribution is 9.10. The maximum absolute atomic E-state index is 13.1. The van der Waals surface area contributed by atoms with E-state index in [-0.39, 0.29) is 21.2 Å². The lowest BCUT2D eigenvalue weighted by atomic mass is 10.2. The van der Waals surface area contributed by atoms with Crippen molar-refractivity contribution >= 4 is 26.9 Å². The van der Waals surface area contributed by atoms with Gasteiger partial charge in [-0.3, -0.25) is 0 Å². The zero-order valence-corrected chi connectivity index (χ0v) is 8.34. The van der Waals surface area contributed by atoms with Gasteiger partial charge in [-0.25, -0.2) is 9.18 Å². The molecule has 1 aromatic heterocycles. The predicted octanol–water partition coefficient (Wildman–Crippen LogP) is 2.40. The first-order chi connectivity index (χ1) is 6.58. The SMILES string of the molecule is O=c1cc(O)c2cc(F)c(Br)cc2o1. The van der Waals surface area contributed by atoms with Crippen molar-refractivity contribution in [2.24, 2.45) is 0 Å². The van der Waals surface area contributed by atoms with E-state index < -0.39 is 11.4 Å². The van der Waals surface area contributed by atoms with Gasteiger partial charge in [-0.1, -0.05) is 0 Å². The molecule has 0 amide bonds. The third-order valence-corrected chi connectivity index (χ3v) is 2.37. The Labute approximate surface area is 85.9 Å². The molecule has 1 N–H and O–H groups in total. The summed E-state index contributed by atoms with van der Waals surface area (Å²) >= 11 is 2.95. The number of hydrogen-bond donors (Lipinski definition) is 1. The summed E-state index contributed by atoms with van der Waals surface area (Å²) in [6, 6.07) is 3.29. The first-order valence-corrected chi connectivity index (χ1v) is 4.49. The Balaban J connectivity index is 2.96. The van der Waals surface area contributed by atoms with Gasteiger partial charge >= 0.3 is 5.63 Å². The summed E-state index contributed by atoms with van der Waals surface area (Å²) in [7, 11) is 0. The Morgan fingerprint density at radius 1 is 1.36 bits per heavy atom. The highest BCUT2D eigenvalue weighted by atomic mass is 79.9. The van der Waals surface area contributed by atoms with Crippen molar-refractivity contribution in [1.82, 2.24) is 0 Å². The number of hydrogen-bond acceptors (Lipinski definition) is 3. The molecular formula is C9H4BrFO3. The van der Waals surface area contributed by atoms with E-state index in [1.54, 1.807) is 0 Å². The zero-order valence-electron chi connectivity index (χ0n) is 6.75. The Bertz CT molecular complexity index is 562. The largest absolute Gasteiger partial charge is 0.507 e. The van der Waals surface area contributed by atoms with Crippen molar-refractivity contribution in [2.75, 3.05) is 0 Å². The molecular weight excluding hydrogens is 255 g/mol. The maximum Gasteiger partial charge on any atom is 0.339 e. The minimum absolute atomic E-state index is 0.142. The topological polar surface area (TPSA) is 50.4 Å². The fourth-order valence-corrected chi connectivity index (χ4v) is 1.46. The van der Waals surface area contributed by atoms with Crippen LogP contribution in [-0.4, -0.2) is 5.11 Å². The van der Waals surface area contributed by atoms with E-state index in [4.69, 9.17) is 4.42 Å². The number of fused-ring (bicyclic) bond motifs is 1. The van der Waals surface area contributed by atoms with Crippen LogP contribution in [0.1, 0.15) is 0 Å². The fourth-order valence-electron chi connectivity index (χ4n) is 1.14. The number of halogens is 2. The van der Waals surface area contributed by atoms with Crippen LogP contribution < -0.4 is 5.63 Å². The molecule has 5 heteroatoms. The van der Waals surface area contributed by atoms with Crippen LogP contribution in [0, 0.1) is 5.82 Å². The highest BCUT2D eigenvalue weighted by Gasteiger charge is 2.08. The van der Waals surface area contributed by atoms with E-state index in [1.807, 2.05) is 0 Å².